The lowest BCUT2D eigenvalue weighted by Crippen LogP contribution is -2.27. The molecule has 0 aliphatic rings. The van der Waals surface area contributed by atoms with E-state index in [0.717, 1.165) is 16.3 Å². The smallest absolute Gasteiger partial charge is 0.258 e. The number of benzene rings is 4. The van der Waals surface area contributed by atoms with Crippen molar-refractivity contribution in [3.8, 4) is 0 Å². The van der Waals surface area contributed by atoms with E-state index in [4.69, 9.17) is 0 Å². The molecule has 0 aliphatic carbocycles. The van der Waals surface area contributed by atoms with Crippen LogP contribution < -0.4 is 10.6 Å². The maximum absolute atomic E-state index is 13.8. The number of anilines is 1. The molecule has 31 heavy (non-hydrogen) atoms. The lowest BCUT2D eigenvalue weighted by atomic mass is 9.99. The van der Waals surface area contributed by atoms with Gasteiger partial charge in [-0.25, -0.2) is 4.39 Å². The van der Waals surface area contributed by atoms with Crippen LogP contribution in [0.1, 0.15) is 39.2 Å². The van der Waals surface area contributed by atoms with Crippen LogP contribution in [0.2, 0.25) is 0 Å². The van der Waals surface area contributed by atoms with Gasteiger partial charge in [0, 0.05) is 11.3 Å². The fourth-order valence-corrected chi connectivity index (χ4v) is 3.57. The molecule has 4 rings (SSSR count). The fourth-order valence-electron chi connectivity index (χ4n) is 3.57. The fraction of sp³-hybridized carbons (Fsp3) is 0.0769. The minimum absolute atomic E-state index is 0.0538. The van der Waals surface area contributed by atoms with E-state index in [-0.39, 0.29) is 17.5 Å². The average molecular weight is 412 g/mol. The molecule has 0 heterocycles. The van der Waals surface area contributed by atoms with Gasteiger partial charge < -0.3 is 10.6 Å². The Bertz CT molecular complexity index is 1260. The molecule has 154 valence electrons. The molecule has 0 saturated carbocycles. The summed E-state index contributed by atoms with van der Waals surface area (Å²) >= 11 is 0. The largest absolute Gasteiger partial charge is 0.345 e. The van der Waals surface area contributed by atoms with Gasteiger partial charge in [-0.2, -0.15) is 0 Å². The monoisotopic (exact) mass is 412 g/mol. The molecule has 0 aromatic heterocycles. The van der Waals surface area contributed by atoms with Gasteiger partial charge in [-0.1, -0.05) is 60.7 Å². The van der Waals surface area contributed by atoms with E-state index in [1.807, 2.05) is 49.4 Å². The lowest BCUT2D eigenvalue weighted by Gasteiger charge is -2.17. The first-order chi connectivity index (χ1) is 15.0. The second-order valence-electron chi connectivity index (χ2n) is 7.28. The van der Waals surface area contributed by atoms with Gasteiger partial charge in [0.05, 0.1) is 11.6 Å². The molecule has 1 atom stereocenters. The Labute approximate surface area is 179 Å². The molecule has 2 N–H and O–H groups in total. The Kier molecular flexibility index (Phi) is 5.76. The van der Waals surface area contributed by atoms with Crippen molar-refractivity contribution in [1.29, 1.82) is 0 Å². The SMILES string of the molecule is C[C@@H](NC(=O)c1cccc(NC(=O)c2ccccc2F)c1)c1cccc2ccccc12. The third-order valence-electron chi connectivity index (χ3n) is 5.14. The number of nitrogens with one attached hydrogen (secondary N) is 2. The molecular formula is C26H21FN2O2. The van der Waals surface area contributed by atoms with Crippen LogP contribution in [0.15, 0.2) is 91.0 Å². The summed E-state index contributed by atoms with van der Waals surface area (Å²) in [6, 6.07) is 26.2. The minimum Gasteiger partial charge on any atom is -0.345 e. The maximum Gasteiger partial charge on any atom is 0.258 e. The third kappa shape index (κ3) is 4.46. The zero-order valence-electron chi connectivity index (χ0n) is 16.9. The second-order valence-corrected chi connectivity index (χ2v) is 7.28. The Balaban J connectivity index is 1.50. The van der Waals surface area contributed by atoms with Gasteiger partial charge in [-0.3, -0.25) is 9.59 Å². The summed E-state index contributed by atoms with van der Waals surface area (Å²) in [6.07, 6.45) is 0. The van der Waals surface area contributed by atoms with Crippen LogP contribution in [0.5, 0.6) is 0 Å². The number of hydrogen-bond acceptors (Lipinski definition) is 2. The van der Waals surface area contributed by atoms with Crippen LogP contribution in [-0.4, -0.2) is 11.8 Å². The number of fused-ring (bicyclic) bond motifs is 1. The van der Waals surface area contributed by atoms with E-state index in [1.165, 1.54) is 18.2 Å². The molecule has 4 nitrogen and oxygen atoms in total. The summed E-state index contributed by atoms with van der Waals surface area (Å²) in [5.74, 6) is -1.43. The summed E-state index contributed by atoms with van der Waals surface area (Å²) < 4.78 is 13.8. The van der Waals surface area contributed by atoms with Crippen LogP contribution in [0.25, 0.3) is 10.8 Å². The highest BCUT2D eigenvalue weighted by atomic mass is 19.1. The van der Waals surface area contributed by atoms with Crippen molar-refractivity contribution in [2.75, 3.05) is 5.32 Å². The Morgan fingerprint density at radius 2 is 1.52 bits per heavy atom. The number of halogens is 1. The topological polar surface area (TPSA) is 58.2 Å². The third-order valence-corrected chi connectivity index (χ3v) is 5.14. The van der Waals surface area contributed by atoms with Crippen molar-refractivity contribution in [1.82, 2.24) is 5.32 Å². The number of carbonyl (C=O) groups excluding carboxylic acids is 2. The predicted octanol–water partition coefficient (Wildman–Crippen LogP) is 5.72. The standard InChI is InChI=1S/C26H21FN2O2/c1-17(21-14-7-9-18-8-2-3-12-22(18)21)28-25(30)19-10-6-11-20(16-19)29-26(31)23-13-4-5-15-24(23)27/h2-17H,1H3,(H,28,30)(H,29,31)/t17-/m1/s1. The number of hydrogen-bond donors (Lipinski definition) is 2. The van der Waals surface area contributed by atoms with E-state index >= 15 is 0 Å². The highest BCUT2D eigenvalue weighted by Crippen LogP contribution is 2.24. The highest BCUT2D eigenvalue weighted by Gasteiger charge is 2.15. The molecular weight excluding hydrogens is 391 g/mol. The average Bonchev–Trinajstić information content (AvgIpc) is 2.79. The molecule has 0 saturated heterocycles. The minimum atomic E-state index is -0.599. The van der Waals surface area contributed by atoms with E-state index in [1.54, 1.807) is 30.3 Å². The number of carbonyl (C=O) groups is 2. The summed E-state index contributed by atoms with van der Waals surface area (Å²) in [6.45, 7) is 1.93. The van der Waals surface area contributed by atoms with Gasteiger partial charge in [-0.15, -0.1) is 0 Å². The lowest BCUT2D eigenvalue weighted by molar-refractivity contribution is 0.0938. The van der Waals surface area contributed by atoms with E-state index < -0.39 is 11.7 Å². The zero-order chi connectivity index (χ0) is 21.8. The molecule has 0 spiro atoms. The van der Waals surface area contributed by atoms with Crippen molar-refractivity contribution in [3.05, 3.63) is 114 Å². The molecule has 2 amide bonds. The Morgan fingerprint density at radius 3 is 2.35 bits per heavy atom. The van der Waals surface area contributed by atoms with Crippen molar-refractivity contribution < 1.29 is 14.0 Å². The Morgan fingerprint density at radius 1 is 0.806 bits per heavy atom. The van der Waals surface area contributed by atoms with Crippen molar-refractivity contribution >= 4 is 28.3 Å². The highest BCUT2D eigenvalue weighted by molar-refractivity contribution is 6.05. The summed E-state index contributed by atoms with van der Waals surface area (Å²) in [4.78, 5) is 25.2. The first-order valence-electron chi connectivity index (χ1n) is 9.97. The molecule has 4 aromatic rings. The van der Waals surface area contributed by atoms with Crippen molar-refractivity contribution in [2.45, 2.75) is 13.0 Å². The van der Waals surface area contributed by atoms with Gasteiger partial charge in [0.15, 0.2) is 0 Å². The molecule has 0 unspecified atom stereocenters. The number of amides is 2. The van der Waals surface area contributed by atoms with Crippen LogP contribution in [-0.2, 0) is 0 Å². The van der Waals surface area contributed by atoms with E-state index in [0.29, 0.717) is 11.3 Å². The van der Waals surface area contributed by atoms with Crippen molar-refractivity contribution in [2.24, 2.45) is 0 Å². The quantitative estimate of drug-likeness (QED) is 0.440. The van der Waals surface area contributed by atoms with Crippen LogP contribution >= 0.6 is 0 Å². The molecule has 4 aromatic carbocycles. The van der Waals surface area contributed by atoms with Crippen LogP contribution in [0.3, 0.4) is 0 Å². The zero-order valence-corrected chi connectivity index (χ0v) is 16.9. The summed E-state index contributed by atoms with van der Waals surface area (Å²) in [5.41, 5.74) is 1.79. The molecule has 5 heteroatoms. The van der Waals surface area contributed by atoms with E-state index in [2.05, 4.69) is 10.6 Å². The van der Waals surface area contributed by atoms with Gasteiger partial charge in [0.25, 0.3) is 11.8 Å². The van der Waals surface area contributed by atoms with Gasteiger partial charge >= 0.3 is 0 Å². The van der Waals surface area contributed by atoms with Crippen molar-refractivity contribution in [3.63, 3.8) is 0 Å². The first kappa shape index (κ1) is 20.3. The van der Waals surface area contributed by atoms with Gasteiger partial charge in [0.2, 0.25) is 0 Å². The summed E-state index contributed by atoms with van der Waals surface area (Å²) in [5, 5.41) is 7.86. The molecule has 0 fully saturated rings. The van der Waals surface area contributed by atoms with Crippen LogP contribution in [0, 0.1) is 5.82 Å². The first-order valence-corrected chi connectivity index (χ1v) is 9.97. The normalized spacial score (nSPS) is 11.7. The second kappa shape index (κ2) is 8.79. The molecule has 0 radical (unpaired) electrons. The number of rotatable bonds is 5. The predicted molar refractivity (Wildman–Crippen MR) is 121 cm³/mol. The van der Waals surface area contributed by atoms with Gasteiger partial charge in [-0.05, 0) is 53.6 Å². The maximum atomic E-state index is 13.8. The Hall–Kier alpha value is -3.99. The van der Waals surface area contributed by atoms with Crippen LogP contribution in [0.4, 0.5) is 10.1 Å². The molecule has 0 aliphatic heterocycles. The van der Waals surface area contributed by atoms with E-state index in [9.17, 15) is 14.0 Å². The molecule has 0 bridgehead atoms. The van der Waals surface area contributed by atoms with Gasteiger partial charge in [0.1, 0.15) is 5.82 Å². The summed E-state index contributed by atoms with van der Waals surface area (Å²) in [7, 11) is 0.